The molecule has 1 aromatic heterocycles. The Bertz CT molecular complexity index is 1730. The van der Waals surface area contributed by atoms with E-state index in [-0.39, 0.29) is 29.5 Å². The minimum absolute atomic E-state index is 0.112. The van der Waals surface area contributed by atoms with Crippen LogP contribution in [0.1, 0.15) is 29.0 Å². The van der Waals surface area contributed by atoms with Crippen molar-refractivity contribution in [2.75, 3.05) is 13.7 Å². The molecule has 2 heterocycles. The first-order valence-corrected chi connectivity index (χ1v) is 12.9. The summed E-state index contributed by atoms with van der Waals surface area (Å²) >= 11 is 0. The van der Waals surface area contributed by atoms with E-state index in [2.05, 4.69) is 0 Å². The average Bonchev–Trinajstić information content (AvgIpc) is 2.98. The molecule has 0 amide bonds. The van der Waals surface area contributed by atoms with E-state index in [0.29, 0.717) is 40.0 Å². The molecule has 0 saturated heterocycles. The third kappa shape index (κ3) is 4.89. The van der Waals surface area contributed by atoms with Gasteiger partial charge in [-0.15, -0.1) is 0 Å². The Labute approximate surface area is 230 Å². The number of carbonyl (C=O) groups excluding carboxylic acids is 1. The van der Waals surface area contributed by atoms with Crippen LogP contribution < -0.4 is 19.6 Å². The number of methoxy groups -OCH3 is 1. The van der Waals surface area contributed by atoms with E-state index >= 15 is 0 Å². The van der Waals surface area contributed by atoms with E-state index in [1.165, 1.54) is 18.4 Å². The third-order valence-electron chi connectivity index (χ3n) is 7.16. The lowest BCUT2D eigenvalue weighted by atomic mass is 9.85. The first-order chi connectivity index (χ1) is 19.5. The minimum Gasteiger partial charge on any atom is -0.508 e. The Hall–Kier alpha value is -5.04. The third-order valence-corrected chi connectivity index (χ3v) is 7.16. The van der Waals surface area contributed by atoms with Crippen LogP contribution in [0.25, 0.3) is 22.1 Å². The number of hydrogen-bond acceptors (Lipinski definition) is 7. The molecule has 0 aliphatic carbocycles. The van der Waals surface area contributed by atoms with Crippen LogP contribution in [0.4, 0.5) is 0 Å². The number of phenolic OH excluding ortho intramolecular Hbond substituents is 1. The highest BCUT2D eigenvalue weighted by molar-refractivity contribution is 5.90. The highest BCUT2D eigenvalue weighted by atomic mass is 16.5. The van der Waals surface area contributed by atoms with Crippen molar-refractivity contribution in [2.45, 2.75) is 18.8 Å². The number of carbonyl (C=O) groups is 1. The Kier molecular flexibility index (Phi) is 6.70. The number of benzene rings is 4. The maximum Gasteiger partial charge on any atom is 0.312 e. The monoisotopic (exact) mass is 534 g/mol. The zero-order valence-electron chi connectivity index (χ0n) is 21.8. The van der Waals surface area contributed by atoms with Crippen molar-refractivity contribution >= 4 is 16.9 Å². The fourth-order valence-electron chi connectivity index (χ4n) is 5.06. The maximum atomic E-state index is 13.4. The highest BCUT2D eigenvalue weighted by Crippen LogP contribution is 2.43. The highest BCUT2D eigenvalue weighted by Gasteiger charge is 2.32. The summed E-state index contributed by atoms with van der Waals surface area (Å²) in [6.07, 6.45) is 2.29. The summed E-state index contributed by atoms with van der Waals surface area (Å²) < 4.78 is 22.7. The van der Waals surface area contributed by atoms with Crippen LogP contribution in [0.3, 0.4) is 0 Å². The summed E-state index contributed by atoms with van der Waals surface area (Å²) in [5, 5.41) is 10.00. The second-order valence-electron chi connectivity index (χ2n) is 9.63. The molecule has 200 valence electrons. The van der Waals surface area contributed by atoms with Gasteiger partial charge in [0.15, 0.2) is 0 Å². The summed E-state index contributed by atoms with van der Waals surface area (Å²) in [5.41, 5.74) is 3.91. The molecule has 5 aromatic rings. The maximum absolute atomic E-state index is 13.4. The summed E-state index contributed by atoms with van der Waals surface area (Å²) in [7, 11) is 1.64. The van der Waals surface area contributed by atoms with Crippen LogP contribution in [0.15, 0.2) is 100 Å². The van der Waals surface area contributed by atoms with Gasteiger partial charge < -0.3 is 23.7 Å². The van der Waals surface area contributed by atoms with Crippen LogP contribution >= 0.6 is 0 Å². The Balaban J connectivity index is 1.27. The molecule has 40 heavy (non-hydrogen) atoms. The molecule has 7 heteroatoms. The molecule has 0 radical (unpaired) electrons. The normalized spacial score (nSPS) is 14.4. The van der Waals surface area contributed by atoms with Gasteiger partial charge in [-0.3, -0.25) is 9.59 Å². The first-order valence-electron chi connectivity index (χ1n) is 12.9. The number of aromatic hydroxyl groups is 1. The molecular weight excluding hydrogens is 508 g/mol. The first kappa shape index (κ1) is 25.2. The zero-order valence-corrected chi connectivity index (χ0v) is 21.8. The Morgan fingerprint density at radius 2 is 1.60 bits per heavy atom. The zero-order chi connectivity index (χ0) is 27.6. The summed E-state index contributed by atoms with van der Waals surface area (Å²) in [6, 6.07) is 25.1. The Morgan fingerprint density at radius 1 is 0.875 bits per heavy atom. The number of ether oxygens (including phenoxy) is 3. The predicted molar refractivity (Wildman–Crippen MR) is 150 cm³/mol. The van der Waals surface area contributed by atoms with Crippen molar-refractivity contribution in [2.24, 2.45) is 0 Å². The second-order valence-corrected chi connectivity index (χ2v) is 9.63. The van der Waals surface area contributed by atoms with E-state index in [9.17, 15) is 14.7 Å². The van der Waals surface area contributed by atoms with Gasteiger partial charge in [0, 0.05) is 17.9 Å². The molecule has 4 aromatic carbocycles. The molecule has 7 nitrogen and oxygen atoms in total. The largest absolute Gasteiger partial charge is 0.508 e. The van der Waals surface area contributed by atoms with Gasteiger partial charge in [0.25, 0.3) is 0 Å². The van der Waals surface area contributed by atoms with E-state index in [1.807, 2.05) is 48.5 Å². The fraction of sp³-hybridized carbons (Fsp3) is 0.152. The molecular formula is C33H26O7. The summed E-state index contributed by atoms with van der Waals surface area (Å²) in [6.45, 7) is 0.517. The SMILES string of the molecule is COc1ccc(CCOc2ccc([C@@H]3CC(=O)Oc4ccc5c(=O)c(-c6ccc(O)cc6)coc5c43)cc2)cc1. The molecule has 1 aliphatic rings. The molecule has 0 spiro atoms. The van der Waals surface area contributed by atoms with Crippen molar-refractivity contribution in [3.63, 3.8) is 0 Å². The topological polar surface area (TPSA) is 95.2 Å². The molecule has 6 rings (SSSR count). The number of phenols is 1. The van der Waals surface area contributed by atoms with Gasteiger partial charge in [-0.25, -0.2) is 0 Å². The molecule has 0 fully saturated rings. The van der Waals surface area contributed by atoms with Crippen LogP contribution in [-0.4, -0.2) is 24.8 Å². The summed E-state index contributed by atoms with van der Waals surface area (Å²) in [5.74, 6) is 1.34. The van der Waals surface area contributed by atoms with Crippen LogP contribution in [0, 0.1) is 0 Å². The summed E-state index contributed by atoms with van der Waals surface area (Å²) in [4.78, 5) is 25.9. The van der Waals surface area contributed by atoms with Crippen molar-refractivity contribution in [1.29, 1.82) is 0 Å². The van der Waals surface area contributed by atoms with Gasteiger partial charge in [0.05, 0.1) is 31.1 Å². The van der Waals surface area contributed by atoms with Gasteiger partial charge in [0.2, 0.25) is 5.43 Å². The lowest BCUT2D eigenvalue weighted by Crippen LogP contribution is -2.22. The predicted octanol–water partition coefficient (Wildman–Crippen LogP) is 6.24. The molecule has 0 unspecified atom stereocenters. The molecule has 1 atom stereocenters. The van der Waals surface area contributed by atoms with Crippen LogP contribution in [0.5, 0.6) is 23.0 Å². The van der Waals surface area contributed by atoms with E-state index in [0.717, 1.165) is 29.0 Å². The molecule has 0 bridgehead atoms. The number of fused-ring (bicyclic) bond motifs is 3. The van der Waals surface area contributed by atoms with Crippen molar-refractivity contribution in [1.82, 2.24) is 0 Å². The van der Waals surface area contributed by atoms with Gasteiger partial charge in [-0.2, -0.15) is 0 Å². The molecule has 1 aliphatic heterocycles. The smallest absolute Gasteiger partial charge is 0.312 e. The van der Waals surface area contributed by atoms with Gasteiger partial charge in [0.1, 0.15) is 34.8 Å². The minimum atomic E-state index is -0.351. The van der Waals surface area contributed by atoms with Crippen molar-refractivity contribution in [3.05, 3.63) is 118 Å². The number of rotatable bonds is 7. The van der Waals surface area contributed by atoms with Gasteiger partial charge >= 0.3 is 5.97 Å². The van der Waals surface area contributed by atoms with Gasteiger partial charge in [-0.05, 0) is 65.2 Å². The second kappa shape index (κ2) is 10.6. The van der Waals surface area contributed by atoms with Crippen LogP contribution in [0.2, 0.25) is 0 Å². The number of esters is 1. The lowest BCUT2D eigenvalue weighted by molar-refractivity contribution is -0.135. The van der Waals surface area contributed by atoms with Crippen molar-refractivity contribution in [3.8, 4) is 34.1 Å². The fourth-order valence-corrected chi connectivity index (χ4v) is 5.06. The lowest BCUT2D eigenvalue weighted by Gasteiger charge is -2.25. The quantitative estimate of drug-likeness (QED) is 0.195. The van der Waals surface area contributed by atoms with Gasteiger partial charge in [-0.1, -0.05) is 36.4 Å². The standard InChI is InChI=1S/C33H26O7/c1-37-24-10-2-20(3-11-24)16-17-38-25-12-6-21(7-13-25)27-18-30(35)40-29-15-14-26-32(36)28(19-39-33(26)31(27)29)22-4-8-23(34)9-5-22/h2-15,19,27,34H,16-18H2,1H3/t27-/m0/s1. The van der Waals surface area contributed by atoms with Crippen molar-refractivity contribution < 1.29 is 28.5 Å². The molecule has 0 saturated carbocycles. The van der Waals surface area contributed by atoms with E-state index in [4.69, 9.17) is 18.6 Å². The molecule has 1 N–H and O–H groups in total. The number of hydrogen-bond donors (Lipinski definition) is 1. The Morgan fingerprint density at radius 3 is 2.33 bits per heavy atom. The average molecular weight is 535 g/mol. The van der Waals surface area contributed by atoms with E-state index in [1.54, 1.807) is 31.4 Å². The van der Waals surface area contributed by atoms with Crippen LogP contribution in [-0.2, 0) is 11.2 Å². The van der Waals surface area contributed by atoms with E-state index < -0.39 is 0 Å².